The van der Waals surface area contributed by atoms with E-state index >= 15 is 0 Å². The number of fused-ring (bicyclic) bond motifs is 1. The summed E-state index contributed by atoms with van der Waals surface area (Å²) in [7, 11) is 0. The summed E-state index contributed by atoms with van der Waals surface area (Å²) in [5.74, 6) is 0. The number of hydrogen-bond acceptors (Lipinski definition) is 1. The second kappa shape index (κ2) is 2.56. The molecule has 3 radical (unpaired) electrons. The van der Waals surface area contributed by atoms with Crippen LogP contribution in [0.15, 0.2) is 30.5 Å². The molecule has 1 aromatic carbocycles. The lowest BCUT2D eigenvalue weighted by Gasteiger charge is -1.81. The number of hydrogen-bond donors (Lipinski definition) is 1. The number of aromatic nitrogens is 2. The van der Waals surface area contributed by atoms with E-state index in [0.29, 0.717) is 0 Å². The molecule has 2 nitrogen and oxygen atoms in total. The van der Waals surface area contributed by atoms with Gasteiger partial charge in [-0.2, -0.15) is 5.10 Å². The van der Waals surface area contributed by atoms with Crippen LogP contribution in [0.1, 0.15) is 0 Å². The summed E-state index contributed by atoms with van der Waals surface area (Å²) in [6.07, 6.45) is 1.81. The first kappa shape index (κ1) is 6.87. The van der Waals surface area contributed by atoms with Crippen molar-refractivity contribution in [1.29, 1.82) is 0 Å². The summed E-state index contributed by atoms with van der Waals surface area (Å²) in [6.45, 7) is 0. The van der Waals surface area contributed by atoms with Crippen molar-refractivity contribution in [3.8, 4) is 0 Å². The van der Waals surface area contributed by atoms with E-state index in [1.165, 1.54) is 0 Å². The fourth-order valence-corrected chi connectivity index (χ4v) is 0.883. The summed E-state index contributed by atoms with van der Waals surface area (Å²) in [5.41, 5.74) is 1.09. The number of rotatable bonds is 0. The normalized spacial score (nSPS) is 9.20. The first-order chi connectivity index (χ1) is 4.47. The molecular weight excluding hydrogens is 123 g/mol. The van der Waals surface area contributed by atoms with Gasteiger partial charge >= 0.3 is 0 Å². The standard InChI is InChI=1S/C7H6N2.B/c1-2-4-7-6(3-1)5-8-9-7;/h1-5H,(H,8,9);. The zero-order valence-corrected chi connectivity index (χ0v) is 5.41. The van der Waals surface area contributed by atoms with Crippen molar-refractivity contribution >= 4 is 19.3 Å². The van der Waals surface area contributed by atoms with Gasteiger partial charge in [-0.3, -0.25) is 5.10 Å². The molecular formula is C7H6BN2. The maximum absolute atomic E-state index is 3.88. The monoisotopic (exact) mass is 129 g/mol. The summed E-state index contributed by atoms with van der Waals surface area (Å²) < 4.78 is 0. The average Bonchev–Trinajstić information content (AvgIpc) is 2.33. The highest BCUT2D eigenvalue weighted by Crippen LogP contribution is 2.06. The minimum atomic E-state index is 0. The molecule has 1 N–H and O–H groups in total. The van der Waals surface area contributed by atoms with Gasteiger partial charge in [0.2, 0.25) is 0 Å². The minimum Gasteiger partial charge on any atom is -0.278 e. The smallest absolute Gasteiger partial charge is 0.0650 e. The zero-order valence-electron chi connectivity index (χ0n) is 5.41. The fourth-order valence-electron chi connectivity index (χ4n) is 0.883. The van der Waals surface area contributed by atoms with E-state index < -0.39 is 0 Å². The first-order valence-electron chi connectivity index (χ1n) is 2.85. The first-order valence-corrected chi connectivity index (χ1v) is 2.85. The van der Waals surface area contributed by atoms with Gasteiger partial charge in [-0.25, -0.2) is 0 Å². The van der Waals surface area contributed by atoms with E-state index in [9.17, 15) is 0 Å². The molecule has 0 spiro atoms. The highest BCUT2D eigenvalue weighted by Gasteiger charge is 1.88. The molecule has 0 saturated carbocycles. The Morgan fingerprint density at radius 3 is 2.80 bits per heavy atom. The summed E-state index contributed by atoms with van der Waals surface area (Å²) in [5, 5.41) is 7.91. The van der Waals surface area contributed by atoms with E-state index in [1.54, 1.807) is 0 Å². The number of H-pyrrole nitrogens is 1. The molecule has 0 aliphatic carbocycles. The second-order valence-corrected chi connectivity index (χ2v) is 1.96. The van der Waals surface area contributed by atoms with Crippen molar-refractivity contribution in [2.24, 2.45) is 0 Å². The van der Waals surface area contributed by atoms with Crippen molar-refractivity contribution in [3.05, 3.63) is 30.5 Å². The number of benzene rings is 1. The molecule has 3 heteroatoms. The lowest BCUT2D eigenvalue weighted by atomic mass is 10.3. The Balaban J connectivity index is 0.000000500. The van der Waals surface area contributed by atoms with E-state index in [2.05, 4.69) is 10.2 Å². The summed E-state index contributed by atoms with van der Waals surface area (Å²) in [4.78, 5) is 0. The zero-order chi connectivity index (χ0) is 6.10. The summed E-state index contributed by atoms with van der Waals surface area (Å²) >= 11 is 0. The third-order valence-corrected chi connectivity index (χ3v) is 1.35. The number of para-hydroxylation sites is 1. The van der Waals surface area contributed by atoms with Gasteiger partial charge in [0.1, 0.15) is 0 Å². The van der Waals surface area contributed by atoms with Crippen LogP contribution < -0.4 is 0 Å². The lowest BCUT2D eigenvalue weighted by molar-refractivity contribution is 1.12. The van der Waals surface area contributed by atoms with E-state index in [1.807, 2.05) is 30.5 Å². The lowest BCUT2D eigenvalue weighted by Crippen LogP contribution is -1.63. The second-order valence-electron chi connectivity index (χ2n) is 1.96. The fraction of sp³-hybridized carbons (Fsp3) is 0. The molecule has 0 unspecified atom stereocenters. The van der Waals surface area contributed by atoms with Gasteiger partial charge in [0.25, 0.3) is 0 Å². The maximum atomic E-state index is 3.88. The Morgan fingerprint density at radius 2 is 2.00 bits per heavy atom. The molecule has 0 aliphatic rings. The molecule has 0 amide bonds. The van der Waals surface area contributed by atoms with Gasteiger partial charge in [0.15, 0.2) is 0 Å². The molecule has 0 aliphatic heterocycles. The van der Waals surface area contributed by atoms with Crippen LogP contribution in [-0.2, 0) is 0 Å². The van der Waals surface area contributed by atoms with Crippen LogP contribution in [0.5, 0.6) is 0 Å². The van der Waals surface area contributed by atoms with Gasteiger partial charge in [-0.15, -0.1) is 0 Å². The maximum Gasteiger partial charge on any atom is 0.0650 e. The van der Waals surface area contributed by atoms with Crippen molar-refractivity contribution < 1.29 is 0 Å². The van der Waals surface area contributed by atoms with Crippen LogP contribution in [0, 0.1) is 0 Å². The van der Waals surface area contributed by atoms with Crippen LogP contribution in [-0.4, -0.2) is 18.6 Å². The van der Waals surface area contributed by atoms with Crippen molar-refractivity contribution in [1.82, 2.24) is 10.2 Å². The predicted molar refractivity (Wildman–Crippen MR) is 41.8 cm³/mol. The van der Waals surface area contributed by atoms with E-state index in [-0.39, 0.29) is 8.41 Å². The minimum absolute atomic E-state index is 0. The molecule has 1 aromatic heterocycles. The van der Waals surface area contributed by atoms with Gasteiger partial charge in [-0.05, 0) is 6.07 Å². The Kier molecular flexibility index (Phi) is 1.76. The highest BCUT2D eigenvalue weighted by molar-refractivity contribution is 5.77. The quantitative estimate of drug-likeness (QED) is 0.531. The van der Waals surface area contributed by atoms with Gasteiger partial charge < -0.3 is 0 Å². The third-order valence-electron chi connectivity index (χ3n) is 1.35. The van der Waals surface area contributed by atoms with Crippen LogP contribution >= 0.6 is 0 Å². The molecule has 10 heavy (non-hydrogen) atoms. The molecule has 2 aromatic rings. The molecule has 2 rings (SSSR count). The SMILES string of the molecule is [B].c1ccc2[nH]ncc2c1. The van der Waals surface area contributed by atoms with Crippen molar-refractivity contribution in [2.45, 2.75) is 0 Å². The molecule has 0 fully saturated rings. The topological polar surface area (TPSA) is 28.7 Å². The molecule has 0 bridgehead atoms. The molecule has 0 saturated heterocycles. The molecule has 1 heterocycles. The Hall–Kier alpha value is -1.25. The molecule has 0 atom stereocenters. The van der Waals surface area contributed by atoms with Crippen molar-refractivity contribution in [2.75, 3.05) is 0 Å². The average molecular weight is 129 g/mol. The van der Waals surface area contributed by atoms with Crippen LogP contribution in [0.4, 0.5) is 0 Å². The largest absolute Gasteiger partial charge is 0.278 e. The highest BCUT2D eigenvalue weighted by atomic mass is 15.1. The third kappa shape index (κ3) is 0.901. The van der Waals surface area contributed by atoms with E-state index in [4.69, 9.17) is 0 Å². The van der Waals surface area contributed by atoms with E-state index in [0.717, 1.165) is 10.9 Å². The Labute approximate surface area is 60.8 Å². The van der Waals surface area contributed by atoms with Crippen LogP contribution in [0.25, 0.3) is 10.9 Å². The number of aromatic amines is 1. The Bertz CT molecular complexity index is 286. The van der Waals surface area contributed by atoms with Gasteiger partial charge in [-0.1, -0.05) is 18.2 Å². The van der Waals surface area contributed by atoms with Gasteiger partial charge in [0, 0.05) is 13.8 Å². The molecule has 47 valence electrons. The summed E-state index contributed by atoms with van der Waals surface area (Å²) in [6, 6.07) is 8.01. The predicted octanol–water partition coefficient (Wildman–Crippen LogP) is 1.18. The van der Waals surface area contributed by atoms with Crippen LogP contribution in [0.2, 0.25) is 0 Å². The van der Waals surface area contributed by atoms with Crippen molar-refractivity contribution in [3.63, 3.8) is 0 Å². The number of nitrogens with one attached hydrogen (secondary N) is 1. The van der Waals surface area contributed by atoms with Crippen LogP contribution in [0.3, 0.4) is 0 Å². The number of nitrogens with zero attached hydrogens (tertiary/aromatic N) is 1. The Morgan fingerprint density at radius 1 is 1.20 bits per heavy atom. The van der Waals surface area contributed by atoms with Gasteiger partial charge in [0.05, 0.1) is 11.7 Å².